The van der Waals surface area contributed by atoms with Crippen molar-refractivity contribution in [1.29, 1.82) is 0 Å². The number of hydrogen-bond acceptors (Lipinski definition) is 2. The zero-order chi connectivity index (χ0) is 17.1. The molecule has 0 aliphatic heterocycles. The fourth-order valence-electron chi connectivity index (χ4n) is 3.03. The summed E-state index contributed by atoms with van der Waals surface area (Å²) in [6.45, 7) is 2.56. The predicted octanol–water partition coefficient (Wildman–Crippen LogP) is 3.63. The Bertz CT molecular complexity index is 836. The van der Waals surface area contributed by atoms with Crippen LogP contribution in [0.15, 0.2) is 60.8 Å². The van der Waals surface area contributed by atoms with Crippen LogP contribution in [0.5, 0.6) is 0 Å². The van der Waals surface area contributed by atoms with Gasteiger partial charge in [0.1, 0.15) is 0 Å². The first-order valence-electron chi connectivity index (χ1n) is 8.20. The van der Waals surface area contributed by atoms with E-state index < -0.39 is 0 Å². The van der Waals surface area contributed by atoms with Gasteiger partial charge in [-0.05, 0) is 30.5 Å². The predicted molar refractivity (Wildman–Crippen MR) is 98.0 cm³/mol. The number of carbonyl (C=O) groups is 1. The van der Waals surface area contributed by atoms with E-state index in [1.54, 1.807) is 9.47 Å². The summed E-state index contributed by atoms with van der Waals surface area (Å²) in [5.74, 6) is 0. The molecule has 3 rings (SSSR count). The van der Waals surface area contributed by atoms with E-state index in [4.69, 9.17) is 5.73 Å². The minimum Gasteiger partial charge on any atom is -0.328 e. The van der Waals surface area contributed by atoms with Gasteiger partial charge in [0, 0.05) is 31.2 Å². The molecule has 0 saturated carbocycles. The molecule has 0 spiro atoms. The van der Waals surface area contributed by atoms with Crippen molar-refractivity contribution in [2.45, 2.75) is 25.9 Å². The van der Waals surface area contributed by atoms with Gasteiger partial charge in [0.15, 0.2) is 0 Å². The van der Waals surface area contributed by atoms with Crippen LogP contribution in [-0.4, -0.2) is 28.6 Å². The lowest BCUT2D eigenvalue weighted by Crippen LogP contribution is -2.30. The molecule has 0 bridgehead atoms. The second kappa shape index (κ2) is 6.89. The van der Waals surface area contributed by atoms with Crippen LogP contribution in [0.4, 0.5) is 4.79 Å². The highest BCUT2D eigenvalue weighted by Gasteiger charge is 2.17. The van der Waals surface area contributed by atoms with E-state index in [1.807, 2.05) is 74.8 Å². The van der Waals surface area contributed by atoms with Crippen LogP contribution >= 0.6 is 0 Å². The Morgan fingerprint density at radius 2 is 1.79 bits per heavy atom. The number of hydrogen-bond donors (Lipinski definition) is 1. The second-order valence-electron chi connectivity index (χ2n) is 6.35. The summed E-state index contributed by atoms with van der Waals surface area (Å²) < 4.78 is 1.73. The summed E-state index contributed by atoms with van der Waals surface area (Å²) in [5.41, 5.74) is 9.11. The molecule has 0 saturated heterocycles. The summed E-state index contributed by atoms with van der Waals surface area (Å²) in [4.78, 5) is 14.7. The molecule has 1 heterocycles. The van der Waals surface area contributed by atoms with Gasteiger partial charge < -0.3 is 10.6 Å². The molecule has 0 unspecified atom stereocenters. The first kappa shape index (κ1) is 16.3. The van der Waals surface area contributed by atoms with Crippen LogP contribution in [0.1, 0.15) is 18.1 Å². The smallest absolute Gasteiger partial charge is 0.328 e. The van der Waals surface area contributed by atoms with Gasteiger partial charge in [-0.3, -0.25) is 4.57 Å². The van der Waals surface area contributed by atoms with Gasteiger partial charge in [-0.25, -0.2) is 4.79 Å². The zero-order valence-corrected chi connectivity index (χ0v) is 14.1. The van der Waals surface area contributed by atoms with Gasteiger partial charge >= 0.3 is 6.03 Å². The van der Waals surface area contributed by atoms with Crippen LogP contribution in [0.3, 0.4) is 0 Å². The quantitative estimate of drug-likeness (QED) is 0.798. The molecule has 0 radical (unpaired) electrons. The Kier molecular flexibility index (Phi) is 4.67. The summed E-state index contributed by atoms with van der Waals surface area (Å²) in [6, 6.07) is 18.0. The van der Waals surface area contributed by atoms with Crippen LogP contribution in [0.25, 0.3) is 10.9 Å². The zero-order valence-electron chi connectivity index (χ0n) is 14.1. The molecule has 4 nitrogen and oxygen atoms in total. The van der Waals surface area contributed by atoms with Crippen molar-refractivity contribution in [2.75, 3.05) is 7.05 Å². The SMILES string of the molecule is C[C@H](N)Cc1cn(C(=O)N(C)Cc2ccccc2)c2ccccc12. The largest absolute Gasteiger partial charge is 0.328 e. The molecule has 2 N–H and O–H groups in total. The Balaban J connectivity index is 1.92. The number of carbonyl (C=O) groups excluding carboxylic acids is 1. The van der Waals surface area contributed by atoms with Gasteiger partial charge in [-0.1, -0.05) is 48.5 Å². The van der Waals surface area contributed by atoms with Crippen LogP contribution < -0.4 is 5.73 Å². The lowest BCUT2D eigenvalue weighted by atomic mass is 10.1. The summed E-state index contributed by atoms with van der Waals surface area (Å²) in [7, 11) is 1.83. The number of benzene rings is 2. The van der Waals surface area contributed by atoms with Gasteiger partial charge in [0.05, 0.1) is 5.52 Å². The standard InChI is InChI=1S/C20H23N3O/c1-15(21)12-17-14-23(19-11-7-6-10-18(17)19)20(24)22(2)13-16-8-4-3-5-9-16/h3-11,14-15H,12-13,21H2,1-2H3/t15-/m0/s1. The van der Waals surface area contributed by atoms with E-state index in [9.17, 15) is 4.79 Å². The summed E-state index contributed by atoms with van der Waals surface area (Å²) in [5, 5.41) is 1.09. The van der Waals surface area contributed by atoms with Crippen molar-refractivity contribution in [3.05, 3.63) is 71.9 Å². The maximum atomic E-state index is 12.9. The van der Waals surface area contributed by atoms with Crippen molar-refractivity contribution in [3.63, 3.8) is 0 Å². The number of para-hydroxylation sites is 1. The van der Waals surface area contributed by atoms with Gasteiger partial charge in [-0.2, -0.15) is 0 Å². The van der Waals surface area contributed by atoms with E-state index in [0.717, 1.165) is 28.5 Å². The maximum absolute atomic E-state index is 12.9. The van der Waals surface area contributed by atoms with Gasteiger partial charge in [0.2, 0.25) is 0 Å². The molecular formula is C20H23N3O. The third kappa shape index (κ3) is 3.34. The lowest BCUT2D eigenvalue weighted by Gasteiger charge is -2.18. The highest BCUT2D eigenvalue weighted by atomic mass is 16.2. The van der Waals surface area contributed by atoms with Crippen molar-refractivity contribution in [3.8, 4) is 0 Å². The fourth-order valence-corrected chi connectivity index (χ4v) is 3.03. The second-order valence-corrected chi connectivity index (χ2v) is 6.35. The normalized spacial score (nSPS) is 12.3. The number of nitrogens with zero attached hydrogens (tertiary/aromatic N) is 2. The third-order valence-electron chi connectivity index (χ3n) is 4.13. The molecule has 1 amide bonds. The number of aromatic nitrogens is 1. The molecule has 4 heteroatoms. The Labute approximate surface area is 142 Å². The molecule has 1 aromatic heterocycles. The summed E-state index contributed by atoms with van der Waals surface area (Å²) >= 11 is 0. The first-order valence-corrected chi connectivity index (χ1v) is 8.20. The molecule has 0 aliphatic carbocycles. The fraction of sp³-hybridized carbons (Fsp3) is 0.250. The van der Waals surface area contributed by atoms with Gasteiger partial charge in [0.25, 0.3) is 0 Å². The van der Waals surface area contributed by atoms with E-state index in [1.165, 1.54) is 0 Å². The Morgan fingerprint density at radius 1 is 1.12 bits per heavy atom. The van der Waals surface area contributed by atoms with Crippen molar-refractivity contribution in [2.24, 2.45) is 5.73 Å². The van der Waals surface area contributed by atoms with Crippen molar-refractivity contribution in [1.82, 2.24) is 9.47 Å². The molecule has 3 aromatic rings. The third-order valence-corrected chi connectivity index (χ3v) is 4.13. The van der Waals surface area contributed by atoms with Crippen LogP contribution in [-0.2, 0) is 13.0 Å². The molecule has 124 valence electrons. The number of nitrogens with two attached hydrogens (primary N) is 1. The molecule has 1 atom stereocenters. The molecule has 24 heavy (non-hydrogen) atoms. The Morgan fingerprint density at radius 3 is 2.50 bits per heavy atom. The van der Waals surface area contributed by atoms with Crippen LogP contribution in [0, 0.1) is 0 Å². The highest BCUT2D eigenvalue weighted by molar-refractivity contribution is 5.93. The average molecular weight is 321 g/mol. The molecule has 0 aliphatic rings. The molecule has 0 fully saturated rings. The van der Waals surface area contributed by atoms with E-state index in [-0.39, 0.29) is 12.1 Å². The van der Waals surface area contributed by atoms with Crippen LogP contribution in [0.2, 0.25) is 0 Å². The van der Waals surface area contributed by atoms with E-state index in [0.29, 0.717) is 6.54 Å². The topological polar surface area (TPSA) is 51.3 Å². The van der Waals surface area contributed by atoms with Crippen molar-refractivity contribution < 1.29 is 4.79 Å². The number of rotatable bonds is 4. The monoisotopic (exact) mass is 321 g/mol. The minimum absolute atomic E-state index is 0.0361. The average Bonchev–Trinajstić information content (AvgIpc) is 2.93. The van der Waals surface area contributed by atoms with Crippen molar-refractivity contribution >= 4 is 16.9 Å². The minimum atomic E-state index is -0.0361. The Hall–Kier alpha value is -2.59. The lowest BCUT2D eigenvalue weighted by molar-refractivity contribution is 0.209. The number of fused-ring (bicyclic) bond motifs is 1. The number of amides is 1. The molecular weight excluding hydrogens is 298 g/mol. The summed E-state index contributed by atoms with van der Waals surface area (Å²) in [6.07, 6.45) is 2.68. The van der Waals surface area contributed by atoms with E-state index >= 15 is 0 Å². The van der Waals surface area contributed by atoms with Gasteiger partial charge in [-0.15, -0.1) is 0 Å². The molecule has 2 aromatic carbocycles. The van der Waals surface area contributed by atoms with E-state index in [2.05, 4.69) is 0 Å². The first-order chi connectivity index (χ1) is 11.6. The maximum Gasteiger partial charge on any atom is 0.328 e. The highest BCUT2D eigenvalue weighted by Crippen LogP contribution is 2.23.